The number of fused-ring (bicyclic) bond motifs is 1. The van der Waals surface area contributed by atoms with Crippen LogP contribution in [0.5, 0.6) is 0 Å². The van der Waals surface area contributed by atoms with E-state index in [1.54, 1.807) is 0 Å². The summed E-state index contributed by atoms with van der Waals surface area (Å²) in [6.07, 6.45) is 2.30. The zero-order valence-electron chi connectivity index (χ0n) is 16.3. The van der Waals surface area contributed by atoms with Gasteiger partial charge in [0.05, 0.1) is 5.52 Å². The fourth-order valence-corrected chi connectivity index (χ4v) is 3.67. The van der Waals surface area contributed by atoms with Gasteiger partial charge in [-0.15, -0.1) is 5.10 Å². The second-order valence-electron chi connectivity index (χ2n) is 7.12. The van der Waals surface area contributed by atoms with E-state index in [9.17, 15) is 0 Å². The van der Waals surface area contributed by atoms with E-state index in [2.05, 4.69) is 99.6 Å². The Morgan fingerprint density at radius 3 is 2.29 bits per heavy atom. The van der Waals surface area contributed by atoms with Gasteiger partial charge in [0.2, 0.25) is 0 Å². The summed E-state index contributed by atoms with van der Waals surface area (Å²) >= 11 is 0. The van der Waals surface area contributed by atoms with E-state index >= 15 is 0 Å². The molecule has 0 aliphatic heterocycles. The van der Waals surface area contributed by atoms with Crippen LogP contribution in [0.15, 0.2) is 84.9 Å². The average molecular weight is 371 g/mol. The number of hydrogen-bond acceptors (Lipinski definition) is 3. The molecule has 0 saturated heterocycles. The predicted molar refractivity (Wildman–Crippen MR) is 114 cm³/mol. The molecule has 4 rings (SSSR count). The molecule has 0 N–H and O–H groups in total. The normalized spacial score (nSPS) is 12.5. The van der Waals surface area contributed by atoms with Crippen molar-refractivity contribution in [3.63, 3.8) is 0 Å². The number of benzene rings is 3. The average Bonchev–Trinajstić information content (AvgIpc) is 3.17. The molecule has 0 saturated carbocycles. The summed E-state index contributed by atoms with van der Waals surface area (Å²) in [6, 6.07) is 29.5. The van der Waals surface area contributed by atoms with Gasteiger partial charge in [0.25, 0.3) is 0 Å². The molecule has 0 bridgehead atoms. The molecule has 28 heavy (non-hydrogen) atoms. The highest BCUT2D eigenvalue weighted by atomic mass is 15.5. The van der Waals surface area contributed by atoms with E-state index in [1.807, 2.05) is 12.1 Å². The fourth-order valence-electron chi connectivity index (χ4n) is 3.67. The molecule has 3 aromatic carbocycles. The van der Waals surface area contributed by atoms with Crippen LogP contribution in [0.3, 0.4) is 0 Å². The Bertz CT molecular complexity index is 995. The van der Waals surface area contributed by atoms with E-state index in [-0.39, 0.29) is 6.17 Å². The molecular weight excluding hydrogens is 344 g/mol. The molecule has 0 fully saturated rings. The van der Waals surface area contributed by atoms with Crippen molar-refractivity contribution in [2.75, 3.05) is 6.54 Å². The lowest BCUT2D eigenvalue weighted by molar-refractivity contribution is 0.150. The highest BCUT2D eigenvalue weighted by molar-refractivity contribution is 5.74. The minimum atomic E-state index is 0.000330. The SMILES string of the molecule is CCCCN(Cc1ccccc1)C(c1ccccc1)n1nnc2ccccc21. The van der Waals surface area contributed by atoms with Crippen molar-refractivity contribution in [2.24, 2.45) is 0 Å². The second-order valence-corrected chi connectivity index (χ2v) is 7.12. The lowest BCUT2D eigenvalue weighted by Gasteiger charge is -2.32. The van der Waals surface area contributed by atoms with Crippen LogP contribution in [-0.2, 0) is 6.54 Å². The molecule has 1 unspecified atom stereocenters. The van der Waals surface area contributed by atoms with E-state index in [1.165, 1.54) is 11.1 Å². The second kappa shape index (κ2) is 8.81. The Kier molecular flexibility index (Phi) is 5.78. The molecular formula is C24H26N4. The minimum absolute atomic E-state index is 0.000330. The van der Waals surface area contributed by atoms with Crippen molar-refractivity contribution in [3.8, 4) is 0 Å². The standard InChI is InChI=1S/C24H26N4/c1-2-3-18-27(19-20-12-6-4-7-13-20)24(21-14-8-5-9-15-21)28-23-17-11-10-16-22(23)25-26-28/h4-17,24H,2-3,18-19H2,1H3. The highest BCUT2D eigenvalue weighted by Gasteiger charge is 2.25. The van der Waals surface area contributed by atoms with Gasteiger partial charge in [0.1, 0.15) is 11.7 Å². The largest absolute Gasteiger partial charge is 0.274 e. The summed E-state index contributed by atoms with van der Waals surface area (Å²) in [5.41, 5.74) is 4.53. The molecule has 0 aliphatic rings. The van der Waals surface area contributed by atoms with Crippen LogP contribution in [0, 0.1) is 0 Å². The maximum atomic E-state index is 4.57. The van der Waals surface area contributed by atoms with Gasteiger partial charge in [0.15, 0.2) is 0 Å². The monoisotopic (exact) mass is 370 g/mol. The predicted octanol–water partition coefficient (Wildman–Crippen LogP) is 5.28. The van der Waals surface area contributed by atoms with Gasteiger partial charge in [-0.2, -0.15) is 0 Å². The molecule has 4 nitrogen and oxygen atoms in total. The van der Waals surface area contributed by atoms with Gasteiger partial charge in [0, 0.05) is 13.1 Å². The minimum Gasteiger partial charge on any atom is -0.274 e. The molecule has 1 atom stereocenters. The molecule has 0 radical (unpaired) electrons. The number of para-hydroxylation sites is 1. The van der Waals surface area contributed by atoms with Crippen molar-refractivity contribution in [3.05, 3.63) is 96.1 Å². The highest BCUT2D eigenvalue weighted by Crippen LogP contribution is 2.27. The van der Waals surface area contributed by atoms with Gasteiger partial charge in [-0.25, -0.2) is 4.68 Å². The van der Waals surface area contributed by atoms with Crippen LogP contribution in [-0.4, -0.2) is 26.4 Å². The summed E-state index contributed by atoms with van der Waals surface area (Å²) in [6.45, 7) is 4.11. The van der Waals surface area contributed by atoms with Gasteiger partial charge in [-0.3, -0.25) is 4.90 Å². The zero-order chi connectivity index (χ0) is 19.2. The fraction of sp³-hybridized carbons (Fsp3) is 0.250. The van der Waals surface area contributed by atoms with Crippen LogP contribution in [0.2, 0.25) is 0 Å². The topological polar surface area (TPSA) is 34.0 Å². The van der Waals surface area contributed by atoms with Crippen LogP contribution >= 0.6 is 0 Å². The summed E-state index contributed by atoms with van der Waals surface area (Å²) in [5.74, 6) is 0. The molecule has 0 amide bonds. The number of rotatable bonds is 8. The van der Waals surface area contributed by atoms with Crippen molar-refractivity contribution < 1.29 is 0 Å². The first-order valence-electron chi connectivity index (χ1n) is 9.99. The first kappa shape index (κ1) is 18.4. The number of unbranched alkanes of at least 4 members (excludes halogenated alkanes) is 1. The summed E-state index contributed by atoms with van der Waals surface area (Å²) < 4.78 is 2.07. The Hall–Kier alpha value is -2.98. The van der Waals surface area contributed by atoms with Crippen LogP contribution in [0.4, 0.5) is 0 Å². The molecule has 4 aromatic rings. The van der Waals surface area contributed by atoms with Crippen molar-refractivity contribution in [2.45, 2.75) is 32.5 Å². The number of nitrogens with zero attached hydrogens (tertiary/aromatic N) is 4. The molecule has 0 spiro atoms. The summed E-state index contributed by atoms with van der Waals surface area (Å²) in [5, 5.41) is 8.99. The first-order chi connectivity index (χ1) is 13.9. The van der Waals surface area contributed by atoms with E-state index in [0.717, 1.165) is 37.0 Å². The van der Waals surface area contributed by atoms with Crippen molar-refractivity contribution in [1.82, 2.24) is 19.9 Å². The quantitative estimate of drug-likeness (QED) is 0.423. The Balaban J connectivity index is 1.80. The van der Waals surface area contributed by atoms with E-state index in [0.29, 0.717) is 0 Å². The third-order valence-corrected chi connectivity index (χ3v) is 5.08. The molecule has 142 valence electrons. The molecule has 0 aliphatic carbocycles. The molecule has 1 heterocycles. The van der Waals surface area contributed by atoms with Crippen molar-refractivity contribution in [1.29, 1.82) is 0 Å². The molecule has 1 aromatic heterocycles. The van der Waals surface area contributed by atoms with E-state index in [4.69, 9.17) is 0 Å². The maximum absolute atomic E-state index is 4.57. The smallest absolute Gasteiger partial charge is 0.132 e. The Morgan fingerprint density at radius 1 is 0.857 bits per heavy atom. The van der Waals surface area contributed by atoms with Gasteiger partial charge >= 0.3 is 0 Å². The van der Waals surface area contributed by atoms with Gasteiger partial charge < -0.3 is 0 Å². The summed E-state index contributed by atoms with van der Waals surface area (Å²) in [4.78, 5) is 2.51. The number of hydrogen-bond donors (Lipinski definition) is 0. The molecule has 4 heteroatoms. The van der Waals surface area contributed by atoms with Gasteiger partial charge in [-0.05, 0) is 29.7 Å². The van der Waals surface area contributed by atoms with Crippen LogP contribution in [0.25, 0.3) is 11.0 Å². The number of aromatic nitrogens is 3. The Labute approximate surface area is 166 Å². The lowest BCUT2D eigenvalue weighted by Crippen LogP contribution is -2.34. The third kappa shape index (κ3) is 3.97. The van der Waals surface area contributed by atoms with Crippen LogP contribution in [0.1, 0.15) is 37.1 Å². The van der Waals surface area contributed by atoms with Crippen LogP contribution < -0.4 is 0 Å². The Morgan fingerprint density at radius 2 is 1.54 bits per heavy atom. The maximum Gasteiger partial charge on any atom is 0.132 e. The zero-order valence-corrected chi connectivity index (χ0v) is 16.3. The summed E-state index contributed by atoms with van der Waals surface area (Å²) in [7, 11) is 0. The van der Waals surface area contributed by atoms with Crippen molar-refractivity contribution >= 4 is 11.0 Å². The first-order valence-corrected chi connectivity index (χ1v) is 9.99. The van der Waals surface area contributed by atoms with Gasteiger partial charge in [-0.1, -0.05) is 91.4 Å². The van der Waals surface area contributed by atoms with E-state index < -0.39 is 0 Å². The third-order valence-electron chi connectivity index (χ3n) is 5.08. The lowest BCUT2D eigenvalue weighted by atomic mass is 10.1.